The van der Waals surface area contributed by atoms with Gasteiger partial charge in [-0.05, 0) is 44.2 Å². The molecule has 3 rings (SSSR count). The average Bonchev–Trinajstić information content (AvgIpc) is 2.90. The monoisotopic (exact) mass is 399 g/mol. The van der Waals surface area contributed by atoms with E-state index in [-0.39, 0.29) is 17.2 Å². The third-order valence-corrected chi connectivity index (χ3v) is 4.56. The summed E-state index contributed by atoms with van der Waals surface area (Å²) in [6.07, 6.45) is 0. The zero-order chi connectivity index (χ0) is 18.0. The van der Waals surface area contributed by atoms with Gasteiger partial charge in [0.25, 0.3) is 5.91 Å². The van der Waals surface area contributed by atoms with Crippen molar-refractivity contribution in [2.75, 3.05) is 0 Å². The molecule has 0 saturated carbocycles. The van der Waals surface area contributed by atoms with Crippen LogP contribution in [0, 0.1) is 13.8 Å². The molecule has 5 nitrogen and oxygen atoms in total. The minimum atomic E-state index is -0.329. The van der Waals surface area contributed by atoms with Gasteiger partial charge in [-0.1, -0.05) is 34.1 Å². The first-order chi connectivity index (χ1) is 12.0. The Labute approximate surface area is 154 Å². The molecule has 1 aromatic heterocycles. The number of carbonyl (C=O) groups excluding carboxylic acids is 1. The Morgan fingerprint density at radius 2 is 1.92 bits per heavy atom. The number of halogens is 1. The van der Waals surface area contributed by atoms with Gasteiger partial charge in [0.2, 0.25) is 0 Å². The first-order valence-electron chi connectivity index (χ1n) is 7.84. The molecule has 1 amide bonds. The number of para-hydroxylation sites is 1. The van der Waals surface area contributed by atoms with Gasteiger partial charge in [0.05, 0.1) is 16.9 Å². The summed E-state index contributed by atoms with van der Waals surface area (Å²) in [5.41, 5.74) is 4.01. The van der Waals surface area contributed by atoms with E-state index in [4.69, 9.17) is 0 Å². The van der Waals surface area contributed by atoms with Crippen LogP contribution < -0.4 is 5.32 Å². The number of nitrogens with zero attached hydrogens (tertiary/aromatic N) is 2. The van der Waals surface area contributed by atoms with Crippen molar-refractivity contribution >= 4 is 21.8 Å². The summed E-state index contributed by atoms with van der Waals surface area (Å²) in [7, 11) is 0. The van der Waals surface area contributed by atoms with E-state index in [0.29, 0.717) is 6.54 Å². The first kappa shape index (κ1) is 17.2. The molecular formula is C19H18BrN3O2. The van der Waals surface area contributed by atoms with Crippen LogP contribution in [0.3, 0.4) is 0 Å². The molecule has 0 fully saturated rings. The third-order valence-electron chi connectivity index (χ3n) is 4.07. The van der Waals surface area contributed by atoms with Crippen molar-refractivity contribution < 1.29 is 9.90 Å². The second-order valence-electron chi connectivity index (χ2n) is 5.74. The molecule has 0 bridgehead atoms. The maximum Gasteiger partial charge on any atom is 0.255 e. The standard InChI is InChI=1S/C19H18BrN3O2/c1-12-17(13(2)23(22-12)15-6-4-3-5-7-15)11-21-19(25)16-10-14(20)8-9-18(16)24/h3-10,24H,11H2,1-2H3,(H,21,25). The topological polar surface area (TPSA) is 67.2 Å². The van der Waals surface area contributed by atoms with E-state index in [9.17, 15) is 9.90 Å². The van der Waals surface area contributed by atoms with E-state index >= 15 is 0 Å². The van der Waals surface area contributed by atoms with Gasteiger partial charge in [0.15, 0.2) is 0 Å². The number of nitrogens with one attached hydrogen (secondary N) is 1. The highest BCUT2D eigenvalue weighted by Crippen LogP contribution is 2.22. The van der Waals surface area contributed by atoms with Gasteiger partial charge in [-0.2, -0.15) is 5.10 Å². The molecule has 25 heavy (non-hydrogen) atoms. The highest BCUT2D eigenvalue weighted by molar-refractivity contribution is 9.10. The molecule has 2 N–H and O–H groups in total. The molecule has 3 aromatic rings. The van der Waals surface area contributed by atoms with Gasteiger partial charge < -0.3 is 10.4 Å². The van der Waals surface area contributed by atoms with Crippen molar-refractivity contribution in [2.45, 2.75) is 20.4 Å². The number of hydrogen-bond donors (Lipinski definition) is 2. The lowest BCUT2D eigenvalue weighted by atomic mass is 10.1. The Bertz CT molecular complexity index is 920. The number of phenolic OH excluding ortho intramolecular Hbond substituents is 1. The molecule has 0 unspecified atom stereocenters. The van der Waals surface area contributed by atoms with E-state index in [1.165, 1.54) is 6.07 Å². The van der Waals surface area contributed by atoms with Crippen LogP contribution in [0.4, 0.5) is 0 Å². The van der Waals surface area contributed by atoms with Gasteiger partial charge in [-0.15, -0.1) is 0 Å². The second kappa shape index (κ2) is 7.11. The third kappa shape index (κ3) is 3.58. The summed E-state index contributed by atoms with van der Waals surface area (Å²) >= 11 is 3.31. The predicted octanol–water partition coefficient (Wildman–Crippen LogP) is 3.89. The summed E-state index contributed by atoms with van der Waals surface area (Å²) < 4.78 is 2.60. The lowest BCUT2D eigenvalue weighted by Crippen LogP contribution is -2.23. The largest absolute Gasteiger partial charge is 0.507 e. The molecule has 0 radical (unpaired) electrons. The van der Waals surface area contributed by atoms with E-state index in [1.54, 1.807) is 12.1 Å². The summed E-state index contributed by atoms with van der Waals surface area (Å²) in [5, 5.41) is 17.3. The fourth-order valence-electron chi connectivity index (χ4n) is 2.71. The fourth-order valence-corrected chi connectivity index (χ4v) is 3.07. The lowest BCUT2D eigenvalue weighted by molar-refractivity contribution is 0.0948. The van der Waals surface area contributed by atoms with Crippen LogP contribution >= 0.6 is 15.9 Å². The van der Waals surface area contributed by atoms with E-state index in [2.05, 4.69) is 26.3 Å². The number of aromatic nitrogens is 2. The number of amides is 1. The zero-order valence-corrected chi connectivity index (χ0v) is 15.5. The molecule has 1 heterocycles. The molecule has 0 aliphatic carbocycles. The molecular weight excluding hydrogens is 382 g/mol. The number of benzene rings is 2. The molecule has 0 atom stereocenters. The van der Waals surface area contributed by atoms with Gasteiger partial charge in [-0.25, -0.2) is 4.68 Å². The van der Waals surface area contributed by atoms with Crippen molar-refractivity contribution in [1.29, 1.82) is 0 Å². The van der Waals surface area contributed by atoms with Crippen molar-refractivity contribution in [3.05, 3.63) is 75.5 Å². The van der Waals surface area contributed by atoms with Gasteiger partial charge in [0, 0.05) is 22.3 Å². The van der Waals surface area contributed by atoms with Crippen LogP contribution in [-0.4, -0.2) is 20.8 Å². The van der Waals surface area contributed by atoms with Crippen LogP contribution in [0.25, 0.3) is 5.69 Å². The van der Waals surface area contributed by atoms with Gasteiger partial charge in [-0.3, -0.25) is 4.79 Å². The highest BCUT2D eigenvalue weighted by atomic mass is 79.9. The highest BCUT2D eigenvalue weighted by Gasteiger charge is 2.16. The Morgan fingerprint density at radius 1 is 1.20 bits per heavy atom. The van der Waals surface area contributed by atoms with Crippen molar-refractivity contribution in [2.24, 2.45) is 0 Å². The number of aryl methyl sites for hydroxylation is 1. The molecule has 6 heteroatoms. The molecule has 0 saturated heterocycles. The predicted molar refractivity (Wildman–Crippen MR) is 100 cm³/mol. The Hall–Kier alpha value is -2.60. The first-order valence-corrected chi connectivity index (χ1v) is 8.64. The van der Waals surface area contributed by atoms with Crippen LogP contribution in [-0.2, 0) is 6.54 Å². The van der Waals surface area contributed by atoms with Crippen LogP contribution in [0.1, 0.15) is 27.3 Å². The SMILES string of the molecule is Cc1nn(-c2ccccc2)c(C)c1CNC(=O)c1cc(Br)ccc1O. The second-order valence-corrected chi connectivity index (χ2v) is 6.66. The number of hydrogen-bond acceptors (Lipinski definition) is 3. The fraction of sp³-hybridized carbons (Fsp3) is 0.158. The van der Waals surface area contributed by atoms with Gasteiger partial charge in [0.1, 0.15) is 5.75 Å². The Morgan fingerprint density at radius 3 is 2.64 bits per heavy atom. The molecule has 0 spiro atoms. The zero-order valence-electron chi connectivity index (χ0n) is 14.0. The normalized spacial score (nSPS) is 10.7. The summed E-state index contributed by atoms with van der Waals surface area (Å²) in [5.74, 6) is -0.376. The minimum absolute atomic E-state index is 0.0471. The minimum Gasteiger partial charge on any atom is -0.507 e. The number of rotatable bonds is 4. The van der Waals surface area contributed by atoms with Crippen molar-refractivity contribution in [1.82, 2.24) is 15.1 Å². The smallest absolute Gasteiger partial charge is 0.255 e. The Kier molecular flexibility index (Phi) is 4.90. The van der Waals surface area contributed by atoms with E-state index in [1.807, 2.05) is 48.9 Å². The lowest BCUT2D eigenvalue weighted by Gasteiger charge is -2.08. The van der Waals surface area contributed by atoms with Crippen LogP contribution in [0.15, 0.2) is 53.0 Å². The van der Waals surface area contributed by atoms with E-state index in [0.717, 1.165) is 27.1 Å². The van der Waals surface area contributed by atoms with Gasteiger partial charge >= 0.3 is 0 Å². The number of phenols is 1. The summed E-state index contributed by atoms with van der Waals surface area (Å²) in [6.45, 7) is 4.24. The van der Waals surface area contributed by atoms with Crippen LogP contribution in [0.5, 0.6) is 5.75 Å². The van der Waals surface area contributed by atoms with Crippen molar-refractivity contribution in [3.8, 4) is 11.4 Å². The average molecular weight is 400 g/mol. The van der Waals surface area contributed by atoms with Crippen LogP contribution in [0.2, 0.25) is 0 Å². The van der Waals surface area contributed by atoms with E-state index < -0.39 is 0 Å². The summed E-state index contributed by atoms with van der Waals surface area (Å²) in [4.78, 5) is 12.4. The quantitative estimate of drug-likeness (QED) is 0.699. The number of aromatic hydroxyl groups is 1. The molecule has 128 valence electrons. The maximum atomic E-state index is 12.4. The number of carbonyl (C=O) groups is 1. The Balaban J connectivity index is 1.81. The molecule has 2 aromatic carbocycles. The summed E-state index contributed by atoms with van der Waals surface area (Å²) in [6, 6.07) is 14.6. The van der Waals surface area contributed by atoms with Crippen molar-refractivity contribution in [3.63, 3.8) is 0 Å². The molecule has 0 aliphatic heterocycles. The molecule has 0 aliphatic rings. The maximum absolute atomic E-state index is 12.4.